The van der Waals surface area contributed by atoms with Gasteiger partial charge in [-0.05, 0) is 50.2 Å². The maximum atomic E-state index is 12.7. The van der Waals surface area contributed by atoms with Crippen molar-refractivity contribution in [1.29, 1.82) is 0 Å². The van der Waals surface area contributed by atoms with Gasteiger partial charge >= 0.3 is 0 Å². The fourth-order valence-electron chi connectivity index (χ4n) is 3.74. The fourth-order valence-corrected chi connectivity index (χ4v) is 3.74. The van der Waals surface area contributed by atoms with Gasteiger partial charge in [-0.2, -0.15) is 0 Å². The summed E-state index contributed by atoms with van der Waals surface area (Å²) in [5.74, 6) is 0.715. The minimum absolute atomic E-state index is 0.0614. The van der Waals surface area contributed by atoms with Gasteiger partial charge in [-0.1, -0.05) is 12.1 Å². The number of carbonyl (C=O) groups is 1. The van der Waals surface area contributed by atoms with E-state index in [-0.39, 0.29) is 18.1 Å². The molecule has 0 bridgehead atoms. The van der Waals surface area contributed by atoms with Crippen LogP contribution in [0.1, 0.15) is 35.8 Å². The summed E-state index contributed by atoms with van der Waals surface area (Å²) >= 11 is 0. The van der Waals surface area contributed by atoms with Crippen LogP contribution in [0.3, 0.4) is 0 Å². The lowest BCUT2D eigenvalue weighted by atomic mass is 10.0. The van der Waals surface area contributed by atoms with Crippen molar-refractivity contribution in [2.45, 2.75) is 26.0 Å². The molecule has 0 aromatic heterocycles. The molecule has 1 aliphatic rings. The van der Waals surface area contributed by atoms with Crippen LogP contribution in [0.15, 0.2) is 48.5 Å². The van der Waals surface area contributed by atoms with Gasteiger partial charge in [-0.15, -0.1) is 0 Å². The second kappa shape index (κ2) is 10.5. The highest BCUT2D eigenvalue weighted by Crippen LogP contribution is 2.17. The van der Waals surface area contributed by atoms with Gasteiger partial charge < -0.3 is 24.6 Å². The summed E-state index contributed by atoms with van der Waals surface area (Å²) in [5.41, 5.74) is 3.05. The van der Waals surface area contributed by atoms with Crippen LogP contribution in [0.5, 0.6) is 5.75 Å². The molecular weight excluding hydrogens is 378 g/mol. The fraction of sp³-hybridized carbons (Fsp3) is 0.458. The number of amides is 1. The van der Waals surface area contributed by atoms with E-state index in [9.17, 15) is 4.79 Å². The van der Waals surface area contributed by atoms with Crippen molar-refractivity contribution in [1.82, 2.24) is 5.32 Å². The number of rotatable bonds is 8. The predicted octanol–water partition coefficient (Wildman–Crippen LogP) is 1.93. The summed E-state index contributed by atoms with van der Waals surface area (Å²) < 4.78 is 11.2. The van der Waals surface area contributed by atoms with Crippen LogP contribution < -0.4 is 19.9 Å². The molecule has 1 saturated heterocycles. The topological polar surface area (TPSA) is 55.2 Å². The smallest absolute Gasteiger partial charge is 0.251 e. The van der Waals surface area contributed by atoms with Crippen molar-refractivity contribution < 1.29 is 19.2 Å². The standard InChI is InChI=1S/C24H33N3O3/c1-18(2)30-22-11-7-20(8-12-22)24(28)25-17-23(27-13-15-29-16-14-27)19-5-9-21(10-6-19)26(3)4/h5-12,18,23H,13-17H2,1-4H3,(H,25,28)/p+1/t23-/m0/s1. The van der Waals surface area contributed by atoms with E-state index >= 15 is 0 Å². The molecule has 162 valence electrons. The number of carbonyl (C=O) groups excluding carboxylic acids is 1. The molecular formula is C24H34N3O3+. The van der Waals surface area contributed by atoms with Gasteiger partial charge in [0.05, 0.1) is 25.9 Å². The van der Waals surface area contributed by atoms with E-state index in [2.05, 4.69) is 34.5 Å². The van der Waals surface area contributed by atoms with Crippen LogP contribution in [-0.4, -0.2) is 59.0 Å². The van der Waals surface area contributed by atoms with Crippen molar-refractivity contribution in [3.8, 4) is 5.75 Å². The van der Waals surface area contributed by atoms with Crippen LogP contribution in [0.2, 0.25) is 0 Å². The number of hydrogen-bond donors (Lipinski definition) is 2. The Hall–Kier alpha value is -2.57. The molecule has 2 aromatic carbocycles. The van der Waals surface area contributed by atoms with Crippen LogP contribution in [0.4, 0.5) is 5.69 Å². The SMILES string of the molecule is CC(C)Oc1ccc(C(=O)NC[C@@H](c2ccc(N(C)C)cc2)[NH+]2CCOCC2)cc1. The Morgan fingerprint density at radius 3 is 2.27 bits per heavy atom. The molecule has 0 saturated carbocycles. The molecule has 6 heteroatoms. The molecule has 1 heterocycles. The third kappa shape index (κ3) is 5.97. The van der Waals surface area contributed by atoms with Gasteiger partial charge in [0.15, 0.2) is 0 Å². The van der Waals surface area contributed by atoms with Crippen molar-refractivity contribution in [2.24, 2.45) is 0 Å². The van der Waals surface area contributed by atoms with Crippen molar-refractivity contribution >= 4 is 11.6 Å². The highest BCUT2D eigenvalue weighted by molar-refractivity contribution is 5.94. The second-order valence-corrected chi connectivity index (χ2v) is 8.21. The number of morpholine rings is 1. The Morgan fingerprint density at radius 2 is 1.70 bits per heavy atom. The van der Waals surface area contributed by atoms with Crippen molar-refractivity contribution in [2.75, 3.05) is 51.8 Å². The third-order valence-electron chi connectivity index (χ3n) is 5.39. The van der Waals surface area contributed by atoms with Gasteiger partial charge in [-0.3, -0.25) is 4.79 Å². The van der Waals surface area contributed by atoms with Crippen molar-refractivity contribution in [3.05, 3.63) is 59.7 Å². The zero-order valence-corrected chi connectivity index (χ0v) is 18.5. The molecule has 1 amide bonds. The Kier molecular flexibility index (Phi) is 7.71. The molecule has 0 aliphatic carbocycles. The van der Waals surface area contributed by atoms with Gasteiger partial charge in [0.2, 0.25) is 0 Å². The van der Waals surface area contributed by atoms with E-state index in [1.54, 1.807) is 0 Å². The Morgan fingerprint density at radius 1 is 1.07 bits per heavy atom. The molecule has 0 radical (unpaired) electrons. The van der Waals surface area contributed by atoms with Gasteiger partial charge in [0, 0.05) is 30.9 Å². The van der Waals surface area contributed by atoms with Crippen LogP contribution >= 0.6 is 0 Å². The number of quaternary nitrogens is 1. The normalized spacial score (nSPS) is 15.6. The average molecular weight is 413 g/mol. The predicted molar refractivity (Wildman–Crippen MR) is 120 cm³/mol. The lowest BCUT2D eigenvalue weighted by Crippen LogP contribution is -3.15. The first-order chi connectivity index (χ1) is 14.4. The first-order valence-corrected chi connectivity index (χ1v) is 10.7. The molecule has 30 heavy (non-hydrogen) atoms. The van der Waals surface area contributed by atoms with Gasteiger partial charge in [0.1, 0.15) is 24.9 Å². The number of ether oxygens (including phenoxy) is 2. The van der Waals surface area contributed by atoms with Gasteiger partial charge in [-0.25, -0.2) is 0 Å². The molecule has 1 aliphatic heterocycles. The third-order valence-corrected chi connectivity index (χ3v) is 5.39. The number of anilines is 1. The van der Waals surface area contributed by atoms with Crippen LogP contribution in [0, 0.1) is 0 Å². The quantitative estimate of drug-likeness (QED) is 0.696. The molecule has 0 unspecified atom stereocenters. The monoisotopic (exact) mass is 412 g/mol. The summed E-state index contributed by atoms with van der Waals surface area (Å²) in [6.07, 6.45) is 0.112. The van der Waals surface area contributed by atoms with Crippen molar-refractivity contribution in [3.63, 3.8) is 0 Å². The Bertz CT molecular complexity index is 797. The summed E-state index contributed by atoms with van der Waals surface area (Å²) in [6.45, 7) is 7.95. The van der Waals surface area contributed by atoms with E-state index in [0.717, 1.165) is 32.1 Å². The molecule has 6 nitrogen and oxygen atoms in total. The Labute approximate surface area is 179 Å². The lowest BCUT2D eigenvalue weighted by molar-refractivity contribution is -0.937. The molecule has 3 rings (SSSR count). The molecule has 1 atom stereocenters. The summed E-state index contributed by atoms with van der Waals surface area (Å²) in [5, 5.41) is 3.14. The first kappa shape index (κ1) is 22.1. The number of benzene rings is 2. The number of hydrogen-bond acceptors (Lipinski definition) is 4. The average Bonchev–Trinajstić information content (AvgIpc) is 2.75. The maximum absolute atomic E-state index is 12.7. The summed E-state index contributed by atoms with van der Waals surface area (Å²) in [7, 11) is 4.08. The zero-order chi connectivity index (χ0) is 21.5. The summed E-state index contributed by atoms with van der Waals surface area (Å²) in [4.78, 5) is 16.3. The molecule has 2 N–H and O–H groups in total. The van der Waals surface area contributed by atoms with E-state index in [1.165, 1.54) is 16.2 Å². The summed E-state index contributed by atoms with van der Waals surface area (Å²) in [6, 6.07) is 16.1. The lowest BCUT2D eigenvalue weighted by Gasteiger charge is -2.32. The molecule has 1 fully saturated rings. The maximum Gasteiger partial charge on any atom is 0.251 e. The van der Waals surface area contributed by atoms with Crippen LogP contribution in [-0.2, 0) is 4.74 Å². The van der Waals surface area contributed by atoms with E-state index in [4.69, 9.17) is 9.47 Å². The first-order valence-electron chi connectivity index (χ1n) is 10.7. The largest absolute Gasteiger partial charge is 0.491 e. The van der Waals surface area contributed by atoms with E-state index < -0.39 is 0 Å². The van der Waals surface area contributed by atoms with E-state index in [0.29, 0.717) is 12.1 Å². The molecule has 0 spiro atoms. The number of nitrogens with one attached hydrogen (secondary N) is 2. The van der Waals surface area contributed by atoms with Crippen LogP contribution in [0.25, 0.3) is 0 Å². The molecule has 2 aromatic rings. The second-order valence-electron chi connectivity index (χ2n) is 8.21. The van der Waals surface area contributed by atoms with Gasteiger partial charge in [0.25, 0.3) is 5.91 Å². The highest BCUT2D eigenvalue weighted by Gasteiger charge is 2.27. The number of nitrogens with zero attached hydrogens (tertiary/aromatic N) is 1. The minimum Gasteiger partial charge on any atom is -0.491 e. The zero-order valence-electron chi connectivity index (χ0n) is 18.5. The Balaban J connectivity index is 1.69. The van der Waals surface area contributed by atoms with E-state index in [1.807, 2.05) is 52.2 Å². The highest BCUT2D eigenvalue weighted by atomic mass is 16.5. The minimum atomic E-state index is -0.0614.